The first-order chi connectivity index (χ1) is 14.1. The maximum absolute atomic E-state index is 13.0. The van der Waals surface area contributed by atoms with Gasteiger partial charge in [-0.05, 0) is 12.5 Å². The van der Waals surface area contributed by atoms with Gasteiger partial charge in [0.05, 0.1) is 15.7 Å². The Balaban J connectivity index is 1.91. The lowest BCUT2D eigenvalue weighted by Crippen LogP contribution is -2.32. The zero-order valence-electron chi connectivity index (χ0n) is 15.7. The number of ketones is 1. The number of hydrogen-bond donors (Lipinski definition) is 1. The van der Waals surface area contributed by atoms with E-state index in [0.717, 1.165) is 23.4 Å². The third kappa shape index (κ3) is 5.62. The number of amides is 1. The maximum Gasteiger partial charge on any atom is 0.332 e. The third-order valence-electron chi connectivity index (χ3n) is 3.88. The Morgan fingerprint density at radius 1 is 1.07 bits per heavy atom. The van der Waals surface area contributed by atoms with Crippen LogP contribution in [0.25, 0.3) is 0 Å². The summed E-state index contributed by atoms with van der Waals surface area (Å²) >= 11 is 2.56. The first-order valence-electron chi connectivity index (χ1n) is 8.97. The van der Waals surface area contributed by atoms with Gasteiger partial charge in [-0.2, -0.15) is 0 Å². The van der Waals surface area contributed by atoms with Crippen LogP contribution in [0.15, 0.2) is 81.6 Å². The fraction of sp³-hybridized carbons (Fsp3) is 0.136. The van der Waals surface area contributed by atoms with Crippen molar-refractivity contribution in [2.24, 2.45) is 0 Å². The van der Waals surface area contributed by atoms with Gasteiger partial charge in [-0.1, -0.05) is 72.4 Å². The van der Waals surface area contributed by atoms with E-state index in [1.54, 1.807) is 31.2 Å². The van der Waals surface area contributed by atoms with Gasteiger partial charge in [0.15, 0.2) is 0 Å². The number of esters is 1. The number of ether oxygens (including phenoxy) is 1. The Morgan fingerprint density at radius 3 is 2.38 bits per heavy atom. The van der Waals surface area contributed by atoms with Crippen LogP contribution in [-0.2, 0) is 20.1 Å². The highest BCUT2D eigenvalue weighted by Crippen LogP contribution is 2.41. The average molecular weight is 426 g/mol. The van der Waals surface area contributed by atoms with E-state index in [9.17, 15) is 14.4 Å². The van der Waals surface area contributed by atoms with Crippen LogP contribution >= 0.6 is 23.5 Å². The highest BCUT2D eigenvalue weighted by Gasteiger charge is 2.29. The number of hydrogen-bond acceptors (Lipinski definition) is 6. The molecule has 0 atom stereocenters. The zero-order valence-corrected chi connectivity index (χ0v) is 17.3. The van der Waals surface area contributed by atoms with Crippen molar-refractivity contribution >= 4 is 41.2 Å². The van der Waals surface area contributed by atoms with E-state index in [-0.39, 0.29) is 23.0 Å². The smallest absolute Gasteiger partial charge is 0.332 e. The van der Waals surface area contributed by atoms with E-state index in [1.807, 2.05) is 36.4 Å². The predicted molar refractivity (Wildman–Crippen MR) is 116 cm³/mol. The summed E-state index contributed by atoms with van der Waals surface area (Å²) in [6, 6.07) is 18.6. The molecule has 0 aromatic heterocycles. The first-order valence-corrected chi connectivity index (χ1v) is 10.8. The molecule has 1 amide bonds. The minimum Gasteiger partial charge on any atom is -0.463 e. The molecule has 0 unspecified atom stereocenters. The molecule has 2 aromatic rings. The van der Waals surface area contributed by atoms with Crippen molar-refractivity contribution < 1.29 is 19.1 Å². The topological polar surface area (TPSA) is 72.5 Å². The van der Waals surface area contributed by atoms with Crippen molar-refractivity contribution in [3.8, 4) is 0 Å². The first kappa shape index (κ1) is 21.0. The molecule has 1 aliphatic heterocycles. The lowest BCUT2D eigenvalue weighted by molar-refractivity contribution is -0.137. The van der Waals surface area contributed by atoms with E-state index in [0.29, 0.717) is 15.6 Å². The summed E-state index contributed by atoms with van der Waals surface area (Å²) in [5, 5.41) is 2.67. The summed E-state index contributed by atoms with van der Waals surface area (Å²) in [7, 11) is 0. The average Bonchev–Trinajstić information content (AvgIpc) is 2.75. The molecule has 2 aromatic carbocycles. The van der Waals surface area contributed by atoms with E-state index in [1.165, 1.54) is 11.8 Å². The standard InChI is InChI=1S/C22H19NO4S2/c1-2-27-18(24)13-17-21(26)23-19(20(25)16-11-7-4-8-12-16)22(29-17)28-14-15-9-5-3-6-10-15/h3-13H,2,14H2,1H3,(H,23,26)/b17-13+. The second-order valence-corrected chi connectivity index (χ2v) is 8.24. The highest BCUT2D eigenvalue weighted by atomic mass is 32.2. The predicted octanol–water partition coefficient (Wildman–Crippen LogP) is 4.28. The fourth-order valence-electron chi connectivity index (χ4n) is 2.52. The van der Waals surface area contributed by atoms with E-state index in [2.05, 4.69) is 5.32 Å². The number of benzene rings is 2. The van der Waals surface area contributed by atoms with Gasteiger partial charge in [0, 0.05) is 17.4 Å². The van der Waals surface area contributed by atoms with Crippen LogP contribution in [0.5, 0.6) is 0 Å². The van der Waals surface area contributed by atoms with Crippen molar-refractivity contribution in [3.05, 3.63) is 92.7 Å². The Morgan fingerprint density at radius 2 is 1.72 bits per heavy atom. The summed E-state index contributed by atoms with van der Waals surface area (Å²) in [5.41, 5.74) is 1.80. The number of allylic oxidation sites excluding steroid dienone is 1. The van der Waals surface area contributed by atoms with Crippen molar-refractivity contribution in [1.29, 1.82) is 0 Å². The third-order valence-corrected chi connectivity index (χ3v) is 6.34. The lowest BCUT2D eigenvalue weighted by Gasteiger charge is -2.21. The molecule has 0 saturated heterocycles. The second kappa shape index (κ2) is 10.1. The molecule has 1 N–H and O–H groups in total. The van der Waals surface area contributed by atoms with Crippen LogP contribution in [0.4, 0.5) is 0 Å². The normalized spacial score (nSPS) is 15.2. The highest BCUT2D eigenvalue weighted by molar-refractivity contribution is 8.24. The molecule has 148 valence electrons. The van der Waals surface area contributed by atoms with Crippen LogP contribution in [-0.4, -0.2) is 24.3 Å². The Labute approximate surface area is 177 Å². The lowest BCUT2D eigenvalue weighted by atomic mass is 10.1. The summed E-state index contributed by atoms with van der Waals surface area (Å²) < 4.78 is 5.54. The van der Waals surface area contributed by atoms with Crippen LogP contribution in [0, 0.1) is 0 Å². The largest absolute Gasteiger partial charge is 0.463 e. The number of carbonyl (C=O) groups is 3. The van der Waals surface area contributed by atoms with Gasteiger partial charge in [0.25, 0.3) is 5.91 Å². The zero-order chi connectivity index (χ0) is 20.6. The molecule has 0 fully saturated rings. The number of rotatable bonds is 7. The van der Waals surface area contributed by atoms with Gasteiger partial charge in [0.2, 0.25) is 5.78 Å². The number of nitrogens with one attached hydrogen (secondary N) is 1. The van der Waals surface area contributed by atoms with Crippen LogP contribution < -0.4 is 5.32 Å². The Bertz CT molecular complexity index is 969. The molecule has 0 saturated carbocycles. The van der Waals surface area contributed by atoms with Gasteiger partial charge >= 0.3 is 5.97 Å². The second-order valence-electron chi connectivity index (χ2n) is 5.95. The van der Waals surface area contributed by atoms with Crippen molar-refractivity contribution in [2.75, 3.05) is 6.61 Å². The monoisotopic (exact) mass is 425 g/mol. The SMILES string of the molecule is CCOC(=O)/C=C1/SC(SCc2ccccc2)=C(C(=O)c2ccccc2)NC1=O. The number of Topliss-reactive ketones (excluding diaryl/α,β-unsaturated/α-hetero) is 1. The molecule has 0 aliphatic carbocycles. The van der Waals surface area contributed by atoms with Gasteiger partial charge in [-0.25, -0.2) is 4.79 Å². The summed E-state index contributed by atoms with van der Waals surface area (Å²) in [6.07, 6.45) is 1.16. The summed E-state index contributed by atoms with van der Waals surface area (Å²) in [6.45, 7) is 1.92. The van der Waals surface area contributed by atoms with Crippen LogP contribution in [0.3, 0.4) is 0 Å². The number of carbonyl (C=O) groups excluding carboxylic acids is 3. The Kier molecular flexibility index (Phi) is 7.32. The fourth-order valence-corrected chi connectivity index (χ4v) is 4.72. The molecular formula is C22H19NO4S2. The molecule has 1 heterocycles. The molecule has 29 heavy (non-hydrogen) atoms. The maximum atomic E-state index is 13.0. The van der Waals surface area contributed by atoms with E-state index in [4.69, 9.17) is 4.74 Å². The minimum absolute atomic E-state index is 0.198. The molecule has 5 nitrogen and oxygen atoms in total. The molecule has 0 radical (unpaired) electrons. The Hall–Kier alpha value is -2.77. The van der Waals surface area contributed by atoms with Crippen LogP contribution in [0.1, 0.15) is 22.8 Å². The van der Waals surface area contributed by atoms with E-state index >= 15 is 0 Å². The molecule has 7 heteroatoms. The molecule has 0 spiro atoms. The molecule has 0 bridgehead atoms. The summed E-state index contributed by atoms with van der Waals surface area (Å²) in [4.78, 5) is 37.5. The van der Waals surface area contributed by atoms with Gasteiger partial charge in [0.1, 0.15) is 5.70 Å². The molecule has 3 rings (SSSR count). The molecular weight excluding hydrogens is 406 g/mol. The molecule has 1 aliphatic rings. The minimum atomic E-state index is -0.588. The van der Waals surface area contributed by atoms with Gasteiger partial charge in [-0.15, -0.1) is 11.8 Å². The summed E-state index contributed by atoms with van der Waals surface area (Å²) in [5.74, 6) is -0.726. The van der Waals surface area contributed by atoms with Gasteiger partial charge < -0.3 is 10.1 Å². The van der Waals surface area contributed by atoms with Crippen molar-refractivity contribution in [3.63, 3.8) is 0 Å². The van der Waals surface area contributed by atoms with Crippen molar-refractivity contribution in [1.82, 2.24) is 5.32 Å². The number of thioether (sulfide) groups is 2. The van der Waals surface area contributed by atoms with E-state index < -0.39 is 11.9 Å². The van der Waals surface area contributed by atoms with Crippen LogP contribution in [0.2, 0.25) is 0 Å². The quantitative estimate of drug-likeness (QED) is 0.406. The van der Waals surface area contributed by atoms with Crippen molar-refractivity contribution in [2.45, 2.75) is 12.7 Å². The van der Waals surface area contributed by atoms with Gasteiger partial charge in [-0.3, -0.25) is 9.59 Å².